The molecule has 1 aromatic carbocycles. The van der Waals surface area contributed by atoms with Crippen LogP contribution in [0.5, 0.6) is 0 Å². The van der Waals surface area contributed by atoms with Gasteiger partial charge in [-0.1, -0.05) is 13.3 Å². The van der Waals surface area contributed by atoms with E-state index in [0.29, 0.717) is 0 Å². The van der Waals surface area contributed by atoms with E-state index < -0.39 is 0 Å². The topological polar surface area (TPSA) is 0 Å². The molecule has 0 fully saturated rings. The fourth-order valence-electron chi connectivity index (χ4n) is 0.342. The van der Waals surface area contributed by atoms with Crippen LogP contribution in [0.4, 0.5) is 0 Å². The zero-order valence-electron chi connectivity index (χ0n) is 7.22. The molecule has 0 saturated carbocycles. The van der Waals surface area contributed by atoms with Crippen LogP contribution in [0.3, 0.4) is 0 Å². The second-order valence-corrected chi connectivity index (χ2v) is 1.93. The maximum Gasteiger partial charge on any atom is 2.00 e. The second kappa shape index (κ2) is 12.5. The Morgan fingerprint density at radius 1 is 1.18 bits per heavy atom. The van der Waals surface area contributed by atoms with E-state index in [4.69, 9.17) is 0 Å². The average molecular weight is 200 g/mol. The SMILES string of the molecule is [CH2-]CCC.[Zn+2].[c-]1ccccc1. The van der Waals surface area contributed by atoms with Gasteiger partial charge in [0.15, 0.2) is 0 Å². The van der Waals surface area contributed by atoms with Crippen LogP contribution in [0, 0.1) is 13.0 Å². The monoisotopic (exact) mass is 198 g/mol. The Morgan fingerprint density at radius 3 is 1.73 bits per heavy atom. The molecule has 0 nitrogen and oxygen atoms in total. The molecule has 0 unspecified atom stereocenters. The Hall–Kier alpha value is -0.157. The summed E-state index contributed by atoms with van der Waals surface area (Å²) in [6.07, 6.45) is 2.28. The van der Waals surface area contributed by atoms with Gasteiger partial charge in [0.1, 0.15) is 0 Å². The van der Waals surface area contributed by atoms with E-state index in [2.05, 4.69) is 19.9 Å². The number of unbranched alkanes of at least 4 members (excludes halogenated alkanes) is 1. The molecule has 0 bridgehead atoms. The largest absolute Gasteiger partial charge is 2.00 e. The average Bonchev–Trinajstić information content (AvgIpc) is 2.08. The first-order chi connectivity index (χ1) is 4.91. The molecular formula is C10H14Zn. The van der Waals surface area contributed by atoms with Gasteiger partial charge >= 0.3 is 19.5 Å². The molecule has 56 valence electrons. The van der Waals surface area contributed by atoms with Crippen LogP contribution in [0.1, 0.15) is 19.8 Å². The summed E-state index contributed by atoms with van der Waals surface area (Å²) >= 11 is 0. The number of hydrogen-bond donors (Lipinski definition) is 0. The van der Waals surface area contributed by atoms with Crippen molar-refractivity contribution in [3.8, 4) is 0 Å². The summed E-state index contributed by atoms with van der Waals surface area (Å²) in [6.45, 7) is 5.72. The fourth-order valence-corrected chi connectivity index (χ4v) is 0.342. The normalized spacial score (nSPS) is 7.09. The fraction of sp³-hybridized carbons (Fsp3) is 0.300. The minimum atomic E-state index is 0. The third kappa shape index (κ3) is 12.9. The quantitative estimate of drug-likeness (QED) is 0.482. The van der Waals surface area contributed by atoms with Crippen molar-refractivity contribution in [2.24, 2.45) is 0 Å². The van der Waals surface area contributed by atoms with E-state index in [0.717, 1.165) is 6.42 Å². The summed E-state index contributed by atoms with van der Waals surface area (Å²) in [6, 6.07) is 12.5. The summed E-state index contributed by atoms with van der Waals surface area (Å²) in [4.78, 5) is 0. The molecular weight excluding hydrogens is 185 g/mol. The van der Waals surface area contributed by atoms with Crippen LogP contribution in [0.25, 0.3) is 0 Å². The van der Waals surface area contributed by atoms with Crippen molar-refractivity contribution in [3.63, 3.8) is 0 Å². The molecule has 0 radical (unpaired) electrons. The molecule has 0 amide bonds. The second-order valence-electron chi connectivity index (χ2n) is 1.93. The molecule has 0 saturated heterocycles. The smallest absolute Gasteiger partial charge is 0.343 e. The van der Waals surface area contributed by atoms with Crippen molar-refractivity contribution < 1.29 is 19.5 Å². The van der Waals surface area contributed by atoms with Crippen LogP contribution >= 0.6 is 0 Å². The predicted molar refractivity (Wildman–Crippen MR) is 45.5 cm³/mol. The van der Waals surface area contributed by atoms with Crippen LogP contribution in [-0.2, 0) is 19.5 Å². The Morgan fingerprint density at radius 2 is 1.64 bits per heavy atom. The Bertz CT molecular complexity index is 96.8. The number of hydrogen-bond acceptors (Lipinski definition) is 0. The zero-order chi connectivity index (χ0) is 7.66. The third-order valence-electron chi connectivity index (χ3n) is 0.961. The van der Waals surface area contributed by atoms with Gasteiger partial charge in [0, 0.05) is 0 Å². The summed E-state index contributed by atoms with van der Waals surface area (Å²) in [5.74, 6) is 0. The van der Waals surface area contributed by atoms with Crippen LogP contribution in [0.15, 0.2) is 30.3 Å². The van der Waals surface area contributed by atoms with Crippen molar-refractivity contribution in [2.45, 2.75) is 19.8 Å². The first kappa shape index (κ1) is 13.4. The van der Waals surface area contributed by atoms with Crippen molar-refractivity contribution in [1.82, 2.24) is 0 Å². The Kier molecular flexibility index (Phi) is 15.3. The molecule has 1 rings (SSSR count). The van der Waals surface area contributed by atoms with Crippen LogP contribution in [-0.4, -0.2) is 0 Å². The first-order valence-corrected chi connectivity index (χ1v) is 3.62. The van der Waals surface area contributed by atoms with Crippen molar-refractivity contribution >= 4 is 0 Å². The number of rotatable bonds is 1. The summed E-state index contributed by atoms with van der Waals surface area (Å²) in [5.41, 5.74) is 0. The van der Waals surface area contributed by atoms with E-state index >= 15 is 0 Å². The van der Waals surface area contributed by atoms with Gasteiger partial charge in [-0.3, -0.25) is 0 Å². The molecule has 11 heavy (non-hydrogen) atoms. The van der Waals surface area contributed by atoms with Gasteiger partial charge in [-0.25, -0.2) is 0 Å². The predicted octanol–water partition coefficient (Wildman–Crippen LogP) is 3.10. The molecule has 1 heteroatoms. The summed E-state index contributed by atoms with van der Waals surface area (Å²) in [7, 11) is 0. The van der Waals surface area contributed by atoms with Crippen molar-refractivity contribution in [3.05, 3.63) is 43.3 Å². The number of benzene rings is 1. The molecule has 0 atom stereocenters. The Balaban J connectivity index is 0. The molecule has 0 aromatic heterocycles. The third-order valence-corrected chi connectivity index (χ3v) is 0.961. The molecule has 0 aliphatic carbocycles. The van der Waals surface area contributed by atoms with Gasteiger partial charge in [-0.2, -0.15) is 42.8 Å². The molecule has 1 aromatic rings. The summed E-state index contributed by atoms with van der Waals surface area (Å²) < 4.78 is 0. The van der Waals surface area contributed by atoms with Gasteiger partial charge < -0.3 is 6.92 Å². The van der Waals surface area contributed by atoms with Crippen LogP contribution in [0.2, 0.25) is 0 Å². The van der Waals surface area contributed by atoms with Crippen LogP contribution < -0.4 is 0 Å². The van der Waals surface area contributed by atoms with Gasteiger partial charge in [-0.05, 0) is 0 Å². The first-order valence-electron chi connectivity index (χ1n) is 3.62. The molecule has 0 spiro atoms. The maximum absolute atomic E-state index is 3.60. The minimum Gasteiger partial charge on any atom is -0.343 e. The molecule has 0 heterocycles. The molecule has 0 aliphatic heterocycles. The van der Waals surface area contributed by atoms with E-state index in [1.807, 2.05) is 30.3 Å². The van der Waals surface area contributed by atoms with E-state index in [1.54, 1.807) is 0 Å². The van der Waals surface area contributed by atoms with E-state index in [9.17, 15) is 0 Å². The van der Waals surface area contributed by atoms with E-state index in [-0.39, 0.29) is 19.5 Å². The Labute approximate surface area is 82.8 Å². The van der Waals surface area contributed by atoms with Gasteiger partial charge in [0.25, 0.3) is 0 Å². The van der Waals surface area contributed by atoms with Gasteiger partial charge in [-0.15, -0.1) is 0 Å². The van der Waals surface area contributed by atoms with Crippen molar-refractivity contribution in [1.29, 1.82) is 0 Å². The van der Waals surface area contributed by atoms with Gasteiger partial charge in [0.2, 0.25) is 0 Å². The molecule has 0 aliphatic rings. The van der Waals surface area contributed by atoms with Gasteiger partial charge in [0.05, 0.1) is 0 Å². The minimum absolute atomic E-state index is 0. The maximum atomic E-state index is 3.60. The molecule has 0 N–H and O–H groups in total. The standard InChI is InChI=1S/C6H5.C4H9.Zn/c1-2-4-6-5-3-1;1-3-4-2;/h1-5H;1,3-4H2,2H3;/q2*-1;+2. The van der Waals surface area contributed by atoms with E-state index in [1.165, 1.54) is 6.42 Å². The zero-order valence-corrected chi connectivity index (χ0v) is 10.2. The van der Waals surface area contributed by atoms with Crippen molar-refractivity contribution in [2.75, 3.05) is 0 Å². The summed E-state index contributed by atoms with van der Waals surface area (Å²) in [5, 5.41) is 0.